The molecule has 3 aromatic heterocycles. The largest absolute Gasteiger partial charge is 0.448 e. The summed E-state index contributed by atoms with van der Waals surface area (Å²) in [6.07, 6.45) is 4.10. The minimum Gasteiger partial charge on any atom is -0.448 e. The van der Waals surface area contributed by atoms with E-state index in [2.05, 4.69) is 26.0 Å². The van der Waals surface area contributed by atoms with E-state index in [9.17, 15) is 4.79 Å². The predicted octanol–water partition coefficient (Wildman–Crippen LogP) is 3.41. The van der Waals surface area contributed by atoms with Crippen molar-refractivity contribution in [2.24, 2.45) is 0 Å². The van der Waals surface area contributed by atoms with Crippen molar-refractivity contribution >= 4 is 22.2 Å². The molecule has 0 spiro atoms. The lowest BCUT2D eigenvalue weighted by atomic mass is 10.2. The van der Waals surface area contributed by atoms with Crippen molar-refractivity contribution in [2.75, 3.05) is 0 Å². The van der Waals surface area contributed by atoms with Gasteiger partial charge >= 0.3 is 0 Å². The van der Waals surface area contributed by atoms with Crippen LogP contribution in [-0.2, 0) is 0 Å². The zero-order valence-electron chi connectivity index (χ0n) is 10.6. The molecular weight excluding hydrogens is 322 g/mol. The molecule has 6 heteroatoms. The number of hydrogen-bond donors (Lipinski definition) is 0. The first kappa shape index (κ1) is 12.8. The molecule has 0 unspecified atom stereocenters. The highest BCUT2D eigenvalue weighted by Gasteiger charge is 2.15. The van der Waals surface area contributed by atoms with Crippen molar-refractivity contribution in [1.29, 1.82) is 0 Å². The molecule has 0 aliphatic carbocycles. The van der Waals surface area contributed by atoms with E-state index >= 15 is 0 Å². The standard InChI is InChI=1S/C14H10BrN3O2/c1-9-4-5-16-13(6-9)18-7-10(8-19)14(17-18)11-2-3-12(15)20-11/h2-8H,1H3. The molecule has 0 aromatic carbocycles. The second-order valence-electron chi connectivity index (χ2n) is 4.29. The maximum atomic E-state index is 11.2. The van der Waals surface area contributed by atoms with E-state index in [0.717, 1.165) is 11.8 Å². The smallest absolute Gasteiger partial charge is 0.169 e. The lowest BCUT2D eigenvalue weighted by Crippen LogP contribution is -1.98. The summed E-state index contributed by atoms with van der Waals surface area (Å²) < 4.78 is 7.61. The van der Waals surface area contributed by atoms with E-state index in [-0.39, 0.29) is 0 Å². The molecule has 0 radical (unpaired) electrons. The van der Waals surface area contributed by atoms with Gasteiger partial charge in [0.2, 0.25) is 0 Å². The van der Waals surface area contributed by atoms with Crippen LogP contribution in [0.25, 0.3) is 17.3 Å². The van der Waals surface area contributed by atoms with Crippen LogP contribution in [0.15, 0.2) is 45.7 Å². The van der Waals surface area contributed by atoms with Gasteiger partial charge in [0.15, 0.2) is 22.5 Å². The van der Waals surface area contributed by atoms with Crippen LogP contribution in [-0.4, -0.2) is 21.1 Å². The Kier molecular flexibility index (Phi) is 3.23. The van der Waals surface area contributed by atoms with Crippen molar-refractivity contribution in [2.45, 2.75) is 6.92 Å². The van der Waals surface area contributed by atoms with Crippen LogP contribution in [0.2, 0.25) is 0 Å². The van der Waals surface area contributed by atoms with Gasteiger partial charge in [0, 0.05) is 12.4 Å². The summed E-state index contributed by atoms with van der Waals surface area (Å²) in [6, 6.07) is 7.31. The van der Waals surface area contributed by atoms with E-state index in [1.54, 1.807) is 29.2 Å². The zero-order valence-corrected chi connectivity index (χ0v) is 12.2. The molecule has 20 heavy (non-hydrogen) atoms. The van der Waals surface area contributed by atoms with E-state index in [1.807, 2.05) is 19.1 Å². The van der Waals surface area contributed by atoms with Crippen molar-refractivity contribution < 1.29 is 9.21 Å². The Hall–Kier alpha value is -2.21. The average Bonchev–Trinajstić information content (AvgIpc) is 3.04. The average molecular weight is 332 g/mol. The first-order chi connectivity index (χ1) is 9.67. The minimum atomic E-state index is 0.454. The molecule has 0 atom stereocenters. The molecule has 3 rings (SSSR count). The molecular formula is C14H10BrN3O2. The Bertz CT molecular complexity index is 776. The van der Waals surface area contributed by atoms with Crippen molar-refractivity contribution in [3.8, 4) is 17.3 Å². The number of hydrogen-bond acceptors (Lipinski definition) is 4. The molecule has 0 N–H and O–H groups in total. The van der Waals surface area contributed by atoms with Crippen LogP contribution in [0, 0.1) is 6.92 Å². The Morgan fingerprint density at radius 3 is 2.85 bits per heavy atom. The van der Waals surface area contributed by atoms with E-state index < -0.39 is 0 Å². The Morgan fingerprint density at radius 2 is 2.20 bits per heavy atom. The number of aldehydes is 1. The fraction of sp³-hybridized carbons (Fsp3) is 0.0714. The molecule has 3 heterocycles. The molecule has 0 fully saturated rings. The molecule has 0 aliphatic heterocycles. The van der Waals surface area contributed by atoms with Crippen LogP contribution < -0.4 is 0 Å². The van der Waals surface area contributed by atoms with Gasteiger partial charge in [0.25, 0.3) is 0 Å². The quantitative estimate of drug-likeness (QED) is 0.690. The van der Waals surface area contributed by atoms with Gasteiger partial charge in [-0.15, -0.1) is 0 Å². The second kappa shape index (κ2) is 5.05. The number of carbonyl (C=O) groups is 1. The topological polar surface area (TPSA) is 60.9 Å². The number of nitrogens with zero attached hydrogens (tertiary/aromatic N) is 3. The molecule has 0 aliphatic rings. The number of halogens is 1. The third-order valence-corrected chi connectivity index (χ3v) is 3.24. The Morgan fingerprint density at radius 1 is 1.35 bits per heavy atom. The second-order valence-corrected chi connectivity index (χ2v) is 5.07. The summed E-state index contributed by atoms with van der Waals surface area (Å²) in [7, 11) is 0. The van der Waals surface area contributed by atoms with Crippen molar-refractivity contribution in [1.82, 2.24) is 14.8 Å². The molecule has 100 valence electrons. The number of carbonyl (C=O) groups excluding carboxylic acids is 1. The highest BCUT2D eigenvalue weighted by Crippen LogP contribution is 2.26. The van der Waals surface area contributed by atoms with E-state index in [4.69, 9.17) is 4.42 Å². The number of aromatic nitrogens is 3. The van der Waals surface area contributed by atoms with Gasteiger partial charge in [-0.05, 0) is 52.7 Å². The van der Waals surface area contributed by atoms with Crippen LogP contribution in [0.4, 0.5) is 0 Å². The van der Waals surface area contributed by atoms with Crippen LogP contribution in [0.3, 0.4) is 0 Å². The van der Waals surface area contributed by atoms with Gasteiger partial charge in [0.05, 0.1) is 5.56 Å². The van der Waals surface area contributed by atoms with Gasteiger partial charge in [-0.3, -0.25) is 4.79 Å². The third-order valence-electron chi connectivity index (χ3n) is 2.81. The number of pyridine rings is 1. The number of furan rings is 1. The molecule has 0 saturated carbocycles. The van der Waals surface area contributed by atoms with Gasteiger partial charge in [-0.25, -0.2) is 9.67 Å². The first-order valence-corrected chi connectivity index (χ1v) is 6.70. The maximum absolute atomic E-state index is 11.2. The fourth-order valence-electron chi connectivity index (χ4n) is 1.87. The molecule has 0 saturated heterocycles. The minimum absolute atomic E-state index is 0.454. The molecule has 3 aromatic rings. The maximum Gasteiger partial charge on any atom is 0.169 e. The summed E-state index contributed by atoms with van der Waals surface area (Å²) in [6.45, 7) is 1.97. The van der Waals surface area contributed by atoms with Crippen LogP contribution in [0.1, 0.15) is 15.9 Å². The summed E-state index contributed by atoms with van der Waals surface area (Å²) >= 11 is 3.24. The Labute approximate surface area is 123 Å². The normalized spacial score (nSPS) is 10.7. The van der Waals surface area contributed by atoms with Crippen LogP contribution >= 0.6 is 15.9 Å². The first-order valence-electron chi connectivity index (χ1n) is 5.91. The molecule has 5 nitrogen and oxygen atoms in total. The van der Waals surface area contributed by atoms with Crippen molar-refractivity contribution in [3.63, 3.8) is 0 Å². The van der Waals surface area contributed by atoms with Crippen molar-refractivity contribution in [3.05, 3.63) is 52.5 Å². The number of rotatable bonds is 3. The van der Waals surface area contributed by atoms with E-state index in [1.165, 1.54) is 0 Å². The Balaban J connectivity index is 2.11. The number of aryl methyl sites for hydroxylation is 1. The van der Waals surface area contributed by atoms with Gasteiger partial charge in [-0.1, -0.05) is 0 Å². The monoisotopic (exact) mass is 331 g/mol. The molecule has 0 amide bonds. The zero-order chi connectivity index (χ0) is 14.1. The summed E-state index contributed by atoms with van der Waals surface area (Å²) in [5.74, 6) is 1.19. The highest BCUT2D eigenvalue weighted by atomic mass is 79.9. The van der Waals surface area contributed by atoms with Gasteiger partial charge < -0.3 is 4.42 Å². The summed E-state index contributed by atoms with van der Waals surface area (Å²) in [5, 5.41) is 4.38. The SMILES string of the molecule is Cc1ccnc(-n2cc(C=O)c(-c3ccc(Br)o3)n2)c1. The highest BCUT2D eigenvalue weighted by molar-refractivity contribution is 9.10. The van der Waals surface area contributed by atoms with Gasteiger partial charge in [-0.2, -0.15) is 5.10 Å². The predicted molar refractivity (Wildman–Crippen MR) is 76.9 cm³/mol. The molecule has 0 bridgehead atoms. The summed E-state index contributed by atoms with van der Waals surface area (Å²) in [5.41, 5.74) is 2.02. The lowest BCUT2D eigenvalue weighted by Gasteiger charge is -2.00. The fourth-order valence-corrected chi connectivity index (χ4v) is 2.18. The van der Waals surface area contributed by atoms with Gasteiger partial charge in [0.1, 0.15) is 5.69 Å². The summed E-state index contributed by atoms with van der Waals surface area (Å²) in [4.78, 5) is 15.4. The van der Waals surface area contributed by atoms with Crippen LogP contribution in [0.5, 0.6) is 0 Å². The lowest BCUT2D eigenvalue weighted by molar-refractivity contribution is 0.112. The van der Waals surface area contributed by atoms with E-state index in [0.29, 0.717) is 27.5 Å². The third kappa shape index (κ3) is 2.30.